The number of nitrogens with one attached hydrogen (secondary N) is 1. The monoisotopic (exact) mass is 265 g/mol. The van der Waals surface area contributed by atoms with Gasteiger partial charge in [-0.05, 0) is 18.9 Å². The minimum atomic E-state index is -0.756. The van der Waals surface area contributed by atoms with E-state index in [1.807, 2.05) is 19.1 Å². The Hall–Kier alpha value is -1.75. The Labute approximate surface area is 112 Å². The molecule has 1 aliphatic heterocycles. The third kappa shape index (κ3) is 2.51. The molecular formula is C14H19NO4. The van der Waals surface area contributed by atoms with Crippen LogP contribution in [0.2, 0.25) is 0 Å². The van der Waals surface area contributed by atoms with Crippen LogP contribution in [0.1, 0.15) is 23.6 Å². The highest BCUT2D eigenvalue weighted by molar-refractivity contribution is 5.71. The first-order valence-electron chi connectivity index (χ1n) is 6.26. The van der Waals surface area contributed by atoms with E-state index in [9.17, 15) is 4.79 Å². The highest BCUT2D eigenvalue weighted by Crippen LogP contribution is 2.40. The molecule has 0 saturated carbocycles. The summed E-state index contributed by atoms with van der Waals surface area (Å²) >= 11 is 0. The summed E-state index contributed by atoms with van der Waals surface area (Å²) in [5.41, 5.74) is 1.95. The standard InChI is InChI=1S/C14H19NO4/c1-8-4-5-10(13(19-3)12(8)18-2)11-6-9(7-15-11)14(16)17/h4-5,9,11,15H,6-7H2,1-3H3,(H,16,17). The fourth-order valence-corrected chi connectivity index (χ4v) is 2.58. The fourth-order valence-electron chi connectivity index (χ4n) is 2.58. The van der Waals surface area contributed by atoms with Crippen LogP contribution in [-0.2, 0) is 4.79 Å². The second-order valence-corrected chi connectivity index (χ2v) is 4.77. The average Bonchev–Trinajstić information content (AvgIpc) is 2.87. The first kappa shape index (κ1) is 13.7. The molecule has 2 rings (SSSR count). The van der Waals surface area contributed by atoms with E-state index in [1.54, 1.807) is 14.2 Å². The van der Waals surface area contributed by atoms with Gasteiger partial charge in [0.2, 0.25) is 0 Å². The Morgan fingerprint density at radius 2 is 2.00 bits per heavy atom. The largest absolute Gasteiger partial charge is 0.493 e. The predicted octanol–water partition coefficient (Wildman–Crippen LogP) is 1.75. The number of ether oxygens (including phenoxy) is 2. The van der Waals surface area contributed by atoms with E-state index in [0.29, 0.717) is 24.5 Å². The molecule has 5 heteroatoms. The van der Waals surface area contributed by atoms with Gasteiger partial charge in [0.15, 0.2) is 11.5 Å². The van der Waals surface area contributed by atoms with Crippen molar-refractivity contribution in [1.29, 1.82) is 0 Å². The normalized spacial score (nSPS) is 22.3. The maximum Gasteiger partial charge on any atom is 0.307 e. The summed E-state index contributed by atoms with van der Waals surface area (Å²) in [7, 11) is 3.21. The number of hydrogen-bond acceptors (Lipinski definition) is 4. The van der Waals surface area contributed by atoms with Gasteiger partial charge in [0, 0.05) is 18.2 Å². The summed E-state index contributed by atoms with van der Waals surface area (Å²) in [5, 5.41) is 12.3. The van der Waals surface area contributed by atoms with Crippen molar-refractivity contribution in [1.82, 2.24) is 5.32 Å². The second-order valence-electron chi connectivity index (χ2n) is 4.77. The van der Waals surface area contributed by atoms with E-state index in [-0.39, 0.29) is 12.0 Å². The molecule has 0 aliphatic carbocycles. The molecule has 2 N–H and O–H groups in total. The molecule has 1 saturated heterocycles. The molecule has 0 radical (unpaired) electrons. The van der Waals surface area contributed by atoms with Gasteiger partial charge in [-0.2, -0.15) is 0 Å². The fraction of sp³-hybridized carbons (Fsp3) is 0.500. The Morgan fingerprint density at radius 3 is 2.53 bits per heavy atom. The molecule has 1 aliphatic rings. The van der Waals surface area contributed by atoms with Gasteiger partial charge in [-0.1, -0.05) is 12.1 Å². The highest BCUT2D eigenvalue weighted by atomic mass is 16.5. The van der Waals surface area contributed by atoms with Crippen molar-refractivity contribution >= 4 is 5.97 Å². The van der Waals surface area contributed by atoms with Crippen molar-refractivity contribution in [2.75, 3.05) is 20.8 Å². The number of rotatable bonds is 4. The van der Waals surface area contributed by atoms with Gasteiger partial charge in [0.05, 0.1) is 20.1 Å². The number of hydrogen-bond donors (Lipinski definition) is 2. The van der Waals surface area contributed by atoms with Gasteiger partial charge >= 0.3 is 5.97 Å². The minimum Gasteiger partial charge on any atom is -0.493 e. The van der Waals surface area contributed by atoms with Gasteiger partial charge in [0.25, 0.3) is 0 Å². The van der Waals surface area contributed by atoms with Gasteiger partial charge in [0.1, 0.15) is 0 Å². The smallest absolute Gasteiger partial charge is 0.307 e. The van der Waals surface area contributed by atoms with Gasteiger partial charge in [-0.3, -0.25) is 4.79 Å². The molecule has 0 aromatic heterocycles. The maximum absolute atomic E-state index is 11.0. The third-order valence-corrected chi connectivity index (χ3v) is 3.60. The molecule has 5 nitrogen and oxygen atoms in total. The summed E-state index contributed by atoms with van der Waals surface area (Å²) in [6.07, 6.45) is 0.567. The maximum atomic E-state index is 11.0. The van der Waals surface area contributed by atoms with Crippen LogP contribution in [0.5, 0.6) is 11.5 Å². The van der Waals surface area contributed by atoms with E-state index in [4.69, 9.17) is 14.6 Å². The third-order valence-electron chi connectivity index (χ3n) is 3.60. The van der Waals surface area contributed by atoms with Crippen molar-refractivity contribution in [3.8, 4) is 11.5 Å². The van der Waals surface area contributed by atoms with Crippen LogP contribution in [0, 0.1) is 12.8 Å². The molecule has 1 aromatic rings. The molecule has 104 valence electrons. The Morgan fingerprint density at radius 1 is 1.32 bits per heavy atom. The number of benzene rings is 1. The lowest BCUT2D eigenvalue weighted by atomic mass is 9.98. The van der Waals surface area contributed by atoms with Crippen LogP contribution in [-0.4, -0.2) is 31.8 Å². The van der Waals surface area contributed by atoms with Crippen LogP contribution in [0.15, 0.2) is 12.1 Å². The number of carboxylic acids is 1. The van der Waals surface area contributed by atoms with Crippen molar-refractivity contribution in [3.05, 3.63) is 23.3 Å². The average molecular weight is 265 g/mol. The topological polar surface area (TPSA) is 67.8 Å². The number of aryl methyl sites for hydroxylation is 1. The van der Waals surface area contributed by atoms with E-state index in [0.717, 1.165) is 11.1 Å². The summed E-state index contributed by atoms with van der Waals surface area (Å²) in [6, 6.07) is 3.93. The van der Waals surface area contributed by atoms with Crippen LogP contribution < -0.4 is 14.8 Å². The van der Waals surface area contributed by atoms with Gasteiger partial charge in [-0.25, -0.2) is 0 Å². The zero-order valence-electron chi connectivity index (χ0n) is 11.4. The van der Waals surface area contributed by atoms with Crippen LogP contribution in [0.3, 0.4) is 0 Å². The first-order chi connectivity index (χ1) is 9.08. The van der Waals surface area contributed by atoms with Gasteiger partial charge in [-0.15, -0.1) is 0 Å². The van der Waals surface area contributed by atoms with E-state index < -0.39 is 5.97 Å². The number of carbonyl (C=O) groups is 1. The molecule has 2 unspecified atom stereocenters. The predicted molar refractivity (Wildman–Crippen MR) is 70.8 cm³/mol. The van der Waals surface area contributed by atoms with Crippen LogP contribution in [0.4, 0.5) is 0 Å². The van der Waals surface area contributed by atoms with Crippen molar-refractivity contribution < 1.29 is 19.4 Å². The van der Waals surface area contributed by atoms with E-state index >= 15 is 0 Å². The molecule has 0 spiro atoms. The summed E-state index contributed by atoms with van der Waals surface area (Å²) in [4.78, 5) is 11.0. The lowest BCUT2D eigenvalue weighted by molar-refractivity contribution is -0.141. The van der Waals surface area contributed by atoms with E-state index in [1.165, 1.54) is 0 Å². The molecule has 2 atom stereocenters. The van der Waals surface area contributed by atoms with E-state index in [2.05, 4.69) is 5.32 Å². The van der Waals surface area contributed by atoms with Crippen molar-refractivity contribution in [2.45, 2.75) is 19.4 Å². The number of aliphatic carboxylic acids is 1. The second kappa shape index (κ2) is 5.48. The molecule has 1 heterocycles. The Kier molecular flexibility index (Phi) is 3.95. The molecule has 1 fully saturated rings. The summed E-state index contributed by atoms with van der Waals surface area (Å²) in [6.45, 7) is 2.44. The molecular weight excluding hydrogens is 246 g/mol. The van der Waals surface area contributed by atoms with Crippen LogP contribution in [0.25, 0.3) is 0 Å². The summed E-state index contributed by atoms with van der Waals surface area (Å²) in [5.74, 6) is 0.293. The van der Waals surface area contributed by atoms with Crippen molar-refractivity contribution in [2.24, 2.45) is 5.92 Å². The number of carboxylic acid groups (broad SMARTS) is 1. The minimum absolute atomic E-state index is 0.00875. The lowest BCUT2D eigenvalue weighted by Gasteiger charge is -2.19. The quantitative estimate of drug-likeness (QED) is 0.868. The molecule has 0 bridgehead atoms. The first-order valence-corrected chi connectivity index (χ1v) is 6.26. The zero-order chi connectivity index (χ0) is 14.0. The zero-order valence-corrected chi connectivity index (χ0v) is 11.4. The van der Waals surface area contributed by atoms with Gasteiger partial charge < -0.3 is 19.9 Å². The lowest BCUT2D eigenvalue weighted by Crippen LogP contribution is -2.17. The highest BCUT2D eigenvalue weighted by Gasteiger charge is 2.32. The molecule has 1 aromatic carbocycles. The SMILES string of the molecule is COc1c(C)ccc(C2CC(C(=O)O)CN2)c1OC. The summed E-state index contributed by atoms with van der Waals surface area (Å²) < 4.78 is 10.8. The Balaban J connectivity index is 2.33. The number of methoxy groups -OCH3 is 2. The molecule has 0 amide bonds. The Bertz CT molecular complexity index is 487. The van der Waals surface area contributed by atoms with Crippen LogP contribution >= 0.6 is 0 Å². The molecule has 19 heavy (non-hydrogen) atoms. The van der Waals surface area contributed by atoms with Crippen molar-refractivity contribution in [3.63, 3.8) is 0 Å².